The highest BCUT2D eigenvalue weighted by Gasteiger charge is 2.42. The minimum atomic E-state index is -0.313. The van der Waals surface area contributed by atoms with Crippen molar-refractivity contribution < 1.29 is 23.9 Å². The first-order chi connectivity index (χ1) is 15.5. The van der Waals surface area contributed by atoms with Crippen molar-refractivity contribution in [2.75, 3.05) is 19.5 Å². The van der Waals surface area contributed by atoms with E-state index in [1.807, 2.05) is 37.3 Å². The molecule has 0 amide bonds. The Kier molecular flexibility index (Phi) is 4.89. The fourth-order valence-corrected chi connectivity index (χ4v) is 4.87. The number of Topliss-reactive ketones (excluding diaryl/α,β-unsaturated/α-hetero) is 1. The van der Waals surface area contributed by atoms with E-state index < -0.39 is 0 Å². The number of ether oxygens (including phenoxy) is 2. The Morgan fingerprint density at radius 3 is 2.66 bits per heavy atom. The summed E-state index contributed by atoms with van der Waals surface area (Å²) in [5.41, 5.74) is 5.03. The Morgan fingerprint density at radius 1 is 1.09 bits per heavy atom. The van der Waals surface area contributed by atoms with Crippen LogP contribution < -0.4 is 14.8 Å². The summed E-state index contributed by atoms with van der Waals surface area (Å²) in [6, 6.07) is 13.0. The molecule has 2 aliphatic rings. The fraction of sp³-hybridized carbons (Fsp3) is 0.280. The number of ketones is 1. The minimum absolute atomic E-state index is 0.0489. The number of para-hydroxylation sites is 1. The largest absolute Gasteiger partial charge is 0.504 e. The Bertz CT molecular complexity index is 1240. The van der Waals surface area contributed by atoms with Crippen LogP contribution in [0.4, 0.5) is 5.88 Å². The predicted octanol–water partition coefficient (Wildman–Crippen LogP) is 4.66. The number of nitrogens with one attached hydrogen (secondary N) is 1. The molecule has 2 N–H and O–H groups in total. The number of carbonyl (C=O) groups is 1. The summed E-state index contributed by atoms with van der Waals surface area (Å²) in [5, 5.41) is 17.4. The van der Waals surface area contributed by atoms with Crippen LogP contribution in [0.3, 0.4) is 0 Å². The second-order valence-corrected chi connectivity index (χ2v) is 8.16. The number of aryl methyl sites for hydroxylation is 1. The van der Waals surface area contributed by atoms with E-state index in [1.165, 1.54) is 7.11 Å². The number of fused-ring (bicyclic) bond motifs is 1. The average Bonchev–Trinajstić information content (AvgIpc) is 3.18. The van der Waals surface area contributed by atoms with Gasteiger partial charge < -0.3 is 24.4 Å². The topological polar surface area (TPSA) is 93.8 Å². The zero-order chi connectivity index (χ0) is 22.4. The van der Waals surface area contributed by atoms with E-state index >= 15 is 0 Å². The molecule has 0 spiro atoms. The molecule has 0 radical (unpaired) electrons. The summed E-state index contributed by atoms with van der Waals surface area (Å²) in [6.45, 7) is 1.89. The maximum absolute atomic E-state index is 13.6. The van der Waals surface area contributed by atoms with Gasteiger partial charge in [-0.2, -0.15) is 0 Å². The van der Waals surface area contributed by atoms with Crippen molar-refractivity contribution in [3.05, 3.63) is 76.1 Å². The molecule has 2 aromatic carbocycles. The number of hydrogen-bond donors (Lipinski definition) is 2. The second-order valence-electron chi connectivity index (χ2n) is 8.16. The zero-order valence-corrected chi connectivity index (χ0v) is 18.1. The molecule has 2 atom stereocenters. The van der Waals surface area contributed by atoms with E-state index in [1.54, 1.807) is 19.2 Å². The molecular weight excluding hydrogens is 408 g/mol. The molecule has 0 bridgehead atoms. The van der Waals surface area contributed by atoms with Crippen molar-refractivity contribution in [1.29, 1.82) is 0 Å². The van der Waals surface area contributed by atoms with E-state index in [9.17, 15) is 9.90 Å². The van der Waals surface area contributed by atoms with Crippen LogP contribution in [-0.2, 0) is 4.79 Å². The Labute approximate surface area is 185 Å². The number of aromatic nitrogens is 1. The van der Waals surface area contributed by atoms with Crippen molar-refractivity contribution in [2.45, 2.75) is 31.6 Å². The number of phenolic OH excluding ortho intramolecular Hbond substituents is 1. The molecule has 0 saturated heterocycles. The Morgan fingerprint density at radius 2 is 1.88 bits per heavy atom. The molecule has 1 aliphatic heterocycles. The van der Waals surface area contributed by atoms with E-state index in [2.05, 4.69) is 10.5 Å². The van der Waals surface area contributed by atoms with Crippen LogP contribution in [0.5, 0.6) is 17.2 Å². The molecular formula is C25H24N2O5. The maximum atomic E-state index is 13.6. The second kappa shape index (κ2) is 7.75. The van der Waals surface area contributed by atoms with E-state index in [0.717, 1.165) is 39.4 Å². The zero-order valence-electron chi connectivity index (χ0n) is 18.1. The van der Waals surface area contributed by atoms with Gasteiger partial charge in [0.1, 0.15) is 5.75 Å². The lowest BCUT2D eigenvalue weighted by Gasteiger charge is -2.35. The summed E-state index contributed by atoms with van der Waals surface area (Å²) < 4.78 is 16.5. The smallest absolute Gasteiger partial charge is 0.233 e. The summed E-state index contributed by atoms with van der Waals surface area (Å²) in [5.74, 6) is 1.46. The van der Waals surface area contributed by atoms with Crippen molar-refractivity contribution in [3.63, 3.8) is 0 Å². The van der Waals surface area contributed by atoms with E-state index in [0.29, 0.717) is 24.5 Å². The Hall–Kier alpha value is -3.74. The predicted molar refractivity (Wildman–Crippen MR) is 118 cm³/mol. The average molecular weight is 432 g/mol. The lowest BCUT2D eigenvalue weighted by atomic mass is 9.72. The van der Waals surface area contributed by atoms with Crippen LogP contribution in [0.15, 0.2) is 58.3 Å². The lowest BCUT2D eigenvalue weighted by molar-refractivity contribution is -0.116. The fourth-order valence-electron chi connectivity index (χ4n) is 4.87. The van der Waals surface area contributed by atoms with Crippen LogP contribution in [0, 0.1) is 6.92 Å². The van der Waals surface area contributed by atoms with Gasteiger partial charge >= 0.3 is 0 Å². The maximum Gasteiger partial charge on any atom is 0.233 e. The molecule has 3 aromatic rings. The van der Waals surface area contributed by atoms with Crippen LogP contribution in [0.1, 0.15) is 47.1 Å². The monoisotopic (exact) mass is 432 g/mol. The van der Waals surface area contributed by atoms with E-state index in [4.69, 9.17) is 14.0 Å². The van der Waals surface area contributed by atoms with Gasteiger partial charge in [-0.05, 0) is 43.0 Å². The summed E-state index contributed by atoms with van der Waals surface area (Å²) in [7, 11) is 3.15. The molecule has 2 heterocycles. The molecule has 32 heavy (non-hydrogen) atoms. The van der Waals surface area contributed by atoms with Crippen LogP contribution in [0.2, 0.25) is 0 Å². The highest BCUT2D eigenvalue weighted by Crippen LogP contribution is 2.50. The highest BCUT2D eigenvalue weighted by molar-refractivity contribution is 6.01. The van der Waals surface area contributed by atoms with Crippen LogP contribution >= 0.6 is 0 Å². The van der Waals surface area contributed by atoms with Crippen molar-refractivity contribution in [1.82, 2.24) is 5.16 Å². The van der Waals surface area contributed by atoms with Crippen LogP contribution in [-0.4, -0.2) is 30.3 Å². The van der Waals surface area contributed by atoms with Crippen molar-refractivity contribution in [3.8, 4) is 17.2 Å². The van der Waals surface area contributed by atoms with Crippen LogP contribution in [0.25, 0.3) is 0 Å². The Balaban J connectivity index is 1.62. The first-order valence-electron chi connectivity index (χ1n) is 10.5. The van der Waals surface area contributed by atoms with Gasteiger partial charge in [0.05, 0.1) is 31.4 Å². The molecule has 1 aromatic heterocycles. The summed E-state index contributed by atoms with van der Waals surface area (Å²) >= 11 is 0. The number of phenols is 1. The number of allylic oxidation sites excluding steroid dienone is 2. The number of aromatic hydroxyl groups is 1. The third-order valence-corrected chi connectivity index (χ3v) is 6.38. The lowest BCUT2D eigenvalue weighted by Crippen LogP contribution is -2.29. The molecule has 0 fully saturated rings. The molecule has 7 nitrogen and oxygen atoms in total. The van der Waals surface area contributed by atoms with Gasteiger partial charge in [-0.3, -0.25) is 4.79 Å². The normalized spacial score (nSPS) is 19.8. The molecule has 164 valence electrons. The molecule has 0 saturated carbocycles. The first kappa shape index (κ1) is 20.2. The standard InChI is InChI=1S/C25H24N2O5/c1-13-22-23(16-6-4-5-7-20(16)30-2)24-17(26-25(22)32-27-13)10-15(11-19(24)29)14-8-9-18(28)21(12-14)31-3/h4-9,12,15,23,26,28H,10-11H2,1-3H3/t15-,23-/m1/s1. The number of rotatable bonds is 4. The summed E-state index contributed by atoms with van der Waals surface area (Å²) in [4.78, 5) is 13.6. The molecule has 1 aliphatic carbocycles. The molecule has 5 rings (SSSR count). The van der Waals surface area contributed by atoms with Gasteiger partial charge in [-0.15, -0.1) is 0 Å². The van der Waals surface area contributed by atoms with Gasteiger partial charge in [-0.1, -0.05) is 29.4 Å². The van der Waals surface area contributed by atoms with Crippen molar-refractivity contribution >= 4 is 11.7 Å². The summed E-state index contributed by atoms with van der Waals surface area (Å²) in [6.07, 6.45) is 0.986. The minimum Gasteiger partial charge on any atom is -0.504 e. The third-order valence-electron chi connectivity index (χ3n) is 6.38. The van der Waals surface area contributed by atoms with Gasteiger partial charge in [0.25, 0.3) is 0 Å². The molecule has 7 heteroatoms. The molecule has 0 unspecified atom stereocenters. The number of anilines is 1. The van der Waals surface area contributed by atoms with E-state index in [-0.39, 0.29) is 23.4 Å². The quantitative estimate of drug-likeness (QED) is 0.619. The van der Waals surface area contributed by atoms with Gasteiger partial charge in [0.2, 0.25) is 5.88 Å². The van der Waals surface area contributed by atoms with Gasteiger partial charge in [-0.25, -0.2) is 0 Å². The number of hydrogen-bond acceptors (Lipinski definition) is 7. The first-order valence-corrected chi connectivity index (χ1v) is 10.5. The highest BCUT2D eigenvalue weighted by atomic mass is 16.5. The van der Waals surface area contributed by atoms with Crippen molar-refractivity contribution in [2.24, 2.45) is 0 Å². The number of methoxy groups -OCH3 is 2. The number of carbonyl (C=O) groups excluding carboxylic acids is 1. The van der Waals surface area contributed by atoms with Gasteiger partial charge in [0, 0.05) is 23.3 Å². The number of nitrogens with zero attached hydrogens (tertiary/aromatic N) is 1. The number of benzene rings is 2. The van der Waals surface area contributed by atoms with Gasteiger partial charge in [0.15, 0.2) is 17.3 Å². The third kappa shape index (κ3) is 3.12. The SMILES string of the molecule is COc1cc([C@H]2CC(=O)C3=C(C2)Nc2onc(C)c2[C@H]3c2ccccc2OC)ccc1O.